The summed E-state index contributed by atoms with van der Waals surface area (Å²) in [5.41, 5.74) is 3.00. The van der Waals surface area contributed by atoms with Gasteiger partial charge in [0.2, 0.25) is 0 Å². The van der Waals surface area contributed by atoms with Gasteiger partial charge in [0.05, 0.1) is 19.8 Å². The van der Waals surface area contributed by atoms with Gasteiger partial charge in [-0.15, -0.1) is 0 Å². The predicted molar refractivity (Wildman–Crippen MR) is 68.9 cm³/mol. The standard InChI is InChI=1S/C13H18N2O3/c16-6-8-18-7-5-15-13(17)11-1-2-12-10(9-11)3-4-14-12/h1-2,9,14,16H,3-8H2,(H,15,17). The minimum Gasteiger partial charge on any atom is -0.394 e. The zero-order valence-electron chi connectivity index (χ0n) is 10.2. The molecule has 1 heterocycles. The third-order valence-corrected chi connectivity index (χ3v) is 2.84. The van der Waals surface area contributed by atoms with E-state index in [1.807, 2.05) is 18.2 Å². The van der Waals surface area contributed by atoms with Gasteiger partial charge in [-0.2, -0.15) is 0 Å². The molecule has 1 aliphatic heterocycles. The molecule has 0 aliphatic carbocycles. The maximum Gasteiger partial charge on any atom is 0.251 e. The summed E-state index contributed by atoms with van der Waals surface area (Å²) in [5, 5.41) is 14.6. The van der Waals surface area contributed by atoms with Gasteiger partial charge in [-0.1, -0.05) is 0 Å². The van der Waals surface area contributed by atoms with Crippen molar-refractivity contribution in [2.24, 2.45) is 0 Å². The van der Waals surface area contributed by atoms with Crippen LogP contribution in [0, 0.1) is 0 Å². The Balaban J connectivity index is 1.82. The van der Waals surface area contributed by atoms with Crippen LogP contribution in [-0.4, -0.2) is 43.9 Å². The van der Waals surface area contributed by atoms with Crippen molar-refractivity contribution in [1.29, 1.82) is 0 Å². The second kappa shape index (κ2) is 6.37. The summed E-state index contributed by atoms with van der Waals surface area (Å²) < 4.78 is 5.07. The zero-order valence-corrected chi connectivity index (χ0v) is 10.2. The fourth-order valence-corrected chi connectivity index (χ4v) is 1.95. The van der Waals surface area contributed by atoms with Crippen LogP contribution in [0.5, 0.6) is 0 Å². The lowest BCUT2D eigenvalue weighted by atomic mass is 10.1. The lowest BCUT2D eigenvalue weighted by Gasteiger charge is -2.07. The van der Waals surface area contributed by atoms with Crippen LogP contribution in [0.15, 0.2) is 18.2 Å². The number of aliphatic hydroxyl groups excluding tert-OH is 1. The summed E-state index contributed by atoms with van der Waals surface area (Å²) >= 11 is 0. The molecule has 1 aliphatic rings. The molecule has 0 aromatic heterocycles. The van der Waals surface area contributed by atoms with Crippen molar-refractivity contribution in [2.75, 3.05) is 38.2 Å². The molecule has 0 atom stereocenters. The predicted octanol–water partition coefficient (Wildman–Crippen LogP) is 0.393. The minimum absolute atomic E-state index is 0.00572. The van der Waals surface area contributed by atoms with Crippen LogP contribution in [0.25, 0.3) is 0 Å². The van der Waals surface area contributed by atoms with Gasteiger partial charge in [0.1, 0.15) is 0 Å². The Hall–Kier alpha value is -1.59. The zero-order chi connectivity index (χ0) is 12.8. The third kappa shape index (κ3) is 3.21. The third-order valence-electron chi connectivity index (χ3n) is 2.84. The number of hydrogen-bond donors (Lipinski definition) is 3. The van der Waals surface area contributed by atoms with Gasteiger partial charge in [0.15, 0.2) is 0 Å². The van der Waals surface area contributed by atoms with E-state index in [0.29, 0.717) is 25.3 Å². The molecule has 0 spiro atoms. The van der Waals surface area contributed by atoms with Crippen molar-refractivity contribution in [1.82, 2.24) is 5.32 Å². The van der Waals surface area contributed by atoms with Gasteiger partial charge < -0.3 is 20.5 Å². The summed E-state index contributed by atoms with van der Waals surface area (Å²) in [6.07, 6.45) is 0.968. The molecular weight excluding hydrogens is 232 g/mol. The highest BCUT2D eigenvalue weighted by molar-refractivity contribution is 5.95. The fourth-order valence-electron chi connectivity index (χ4n) is 1.95. The van der Waals surface area contributed by atoms with Crippen LogP contribution in [0.2, 0.25) is 0 Å². The summed E-state index contributed by atoms with van der Waals surface area (Å²) in [6.45, 7) is 2.12. The van der Waals surface area contributed by atoms with Crippen molar-refractivity contribution in [3.8, 4) is 0 Å². The molecule has 0 saturated carbocycles. The van der Waals surface area contributed by atoms with Crippen LogP contribution in [-0.2, 0) is 11.2 Å². The Bertz CT molecular complexity index is 421. The van der Waals surface area contributed by atoms with Gasteiger partial charge >= 0.3 is 0 Å². The van der Waals surface area contributed by atoms with Crippen molar-refractivity contribution >= 4 is 11.6 Å². The largest absolute Gasteiger partial charge is 0.394 e. The smallest absolute Gasteiger partial charge is 0.251 e. The second-order valence-electron chi connectivity index (χ2n) is 4.14. The van der Waals surface area contributed by atoms with E-state index in [-0.39, 0.29) is 12.5 Å². The number of fused-ring (bicyclic) bond motifs is 1. The second-order valence-corrected chi connectivity index (χ2v) is 4.14. The summed E-state index contributed by atoms with van der Waals surface area (Å²) in [7, 11) is 0. The van der Waals surface area contributed by atoms with E-state index in [2.05, 4.69) is 10.6 Å². The molecule has 0 unspecified atom stereocenters. The fraction of sp³-hybridized carbons (Fsp3) is 0.462. The lowest BCUT2D eigenvalue weighted by Crippen LogP contribution is -2.27. The van der Waals surface area contributed by atoms with E-state index in [1.165, 1.54) is 5.56 Å². The van der Waals surface area contributed by atoms with Crippen molar-refractivity contribution < 1.29 is 14.6 Å². The molecule has 0 radical (unpaired) electrons. The lowest BCUT2D eigenvalue weighted by molar-refractivity contribution is 0.0838. The molecule has 0 fully saturated rings. The molecule has 2 rings (SSSR count). The molecule has 18 heavy (non-hydrogen) atoms. The highest BCUT2D eigenvalue weighted by Crippen LogP contribution is 2.22. The average Bonchev–Trinajstić information content (AvgIpc) is 2.85. The Morgan fingerprint density at radius 1 is 1.44 bits per heavy atom. The molecular formula is C13H18N2O3. The number of benzene rings is 1. The summed E-state index contributed by atoms with van der Waals surface area (Å²) in [5.74, 6) is -0.0858. The van der Waals surface area contributed by atoms with E-state index in [9.17, 15) is 4.79 Å². The number of amides is 1. The Labute approximate surface area is 106 Å². The highest BCUT2D eigenvalue weighted by Gasteiger charge is 2.12. The van der Waals surface area contributed by atoms with Crippen molar-refractivity contribution in [2.45, 2.75) is 6.42 Å². The number of anilines is 1. The van der Waals surface area contributed by atoms with Gasteiger partial charge in [0, 0.05) is 24.3 Å². The Morgan fingerprint density at radius 2 is 2.33 bits per heavy atom. The van der Waals surface area contributed by atoms with Crippen LogP contribution in [0.4, 0.5) is 5.69 Å². The number of rotatable bonds is 6. The van der Waals surface area contributed by atoms with Gasteiger partial charge in [-0.05, 0) is 30.2 Å². The molecule has 3 N–H and O–H groups in total. The number of ether oxygens (including phenoxy) is 1. The van der Waals surface area contributed by atoms with E-state index in [1.54, 1.807) is 0 Å². The van der Waals surface area contributed by atoms with Crippen LogP contribution in [0.1, 0.15) is 15.9 Å². The quantitative estimate of drug-likeness (QED) is 0.639. The van der Waals surface area contributed by atoms with Crippen LogP contribution in [0.3, 0.4) is 0 Å². The average molecular weight is 250 g/mol. The maximum absolute atomic E-state index is 11.8. The van der Waals surface area contributed by atoms with Gasteiger partial charge in [-0.25, -0.2) is 0 Å². The van der Waals surface area contributed by atoms with E-state index < -0.39 is 0 Å². The highest BCUT2D eigenvalue weighted by atomic mass is 16.5. The molecule has 0 bridgehead atoms. The molecule has 1 aromatic rings. The molecule has 98 valence electrons. The number of nitrogens with one attached hydrogen (secondary N) is 2. The first-order valence-corrected chi connectivity index (χ1v) is 6.15. The van der Waals surface area contributed by atoms with Crippen molar-refractivity contribution in [3.63, 3.8) is 0 Å². The maximum atomic E-state index is 11.8. The number of carbonyl (C=O) groups excluding carboxylic acids is 1. The summed E-state index contributed by atoms with van der Waals surface area (Å²) in [6, 6.07) is 5.69. The molecule has 0 saturated heterocycles. The van der Waals surface area contributed by atoms with Gasteiger partial charge in [0.25, 0.3) is 5.91 Å². The number of aliphatic hydroxyl groups is 1. The number of carbonyl (C=O) groups is 1. The van der Waals surface area contributed by atoms with E-state index in [4.69, 9.17) is 9.84 Å². The number of hydrogen-bond acceptors (Lipinski definition) is 4. The first kappa shape index (κ1) is 12.9. The SMILES string of the molecule is O=C(NCCOCCO)c1ccc2c(c1)CCN2. The Morgan fingerprint density at radius 3 is 3.17 bits per heavy atom. The van der Waals surface area contributed by atoms with E-state index >= 15 is 0 Å². The van der Waals surface area contributed by atoms with Crippen LogP contribution < -0.4 is 10.6 Å². The topological polar surface area (TPSA) is 70.6 Å². The normalized spacial score (nSPS) is 12.9. The van der Waals surface area contributed by atoms with Crippen molar-refractivity contribution in [3.05, 3.63) is 29.3 Å². The molecule has 5 heteroatoms. The Kier molecular flexibility index (Phi) is 4.55. The first-order valence-electron chi connectivity index (χ1n) is 6.15. The van der Waals surface area contributed by atoms with Gasteiger partial charge in [-0.3, -0.25) is 4.79 Å². The van der Waals surface area contributed by atoms with E-state index in [0.717, 1.165) is 18.7 Å². The minimum atomic E-state index is -0.0858. The molecule has 1 amide bonds. The first-order chi connectivity index (χ1) is 8.81. The van der Waals surface area contributed by atoms with Crippen LogP contribution >= 0.6 is 0 Å². The molecule has 1 aromatic carbocycles. The monoisotopic (exact) mass is 250 g/mol. The molecule has 5 nitrogen and oxygen atoms in total. The summed E-state index contributed by atoms with van der Waals surface area (Å²) in [4.78, 5) is 11.8.